The van der Waals surface area contributed by atoms with Gasteiger partial charge in [0.1, 0.15) is 11.6 Å². The van der Waals surface area contributed by atoms with E-state index in [-0.39, 0.29) is 11.9 Å². The molecule has 0 bridgehead atoms. The molecule has 0 radical (unpaired) electrons. The molecule has 1 aliphatic heterocycles. The van der Waals surface area contributed by atoms with Crippen LogP contribution in [0.25, 0.3) is 11.3 Å². The van der Waals surface area contributed by atoms with Crippen LogP contribution in [0.5, 0.6) is 0 Å². The van der Waals surface area contributed by atoms with Crippen molar-refractivity contribution in [2.75, 3.05) is 0 Å². The Labute approximate surface area is 98.5 Å². The van der Waals surface area contributed by atoms with Crippen LogP contribution in [0.2, 0.25) is 0 Å². The molecule has 4 heteroatoms. The van der Waals surface area contributed by atoms with Crippen molar-refractivity contribution in [1.82, 2.24) is 9.55 Å². The summed E-state index contributed by atoms with van der Waals surface area (Å²) in [6, 6.07) is 6.31. The maximum atomic E-state index is 12.8. The molecule has 1 aliphatic rings. The summed E-state index contributed by atoms with van der Waals surface area (Å²) in [4.78, 5) is 4.48. The zero-order valence-electron chi connectivity index (χ0n) is 9.31. The third-order valence-electron chi connectivity index (χ3n) is 3.12. The topological polar surface area (TPSA) is 38.0 Å². The Kier molecular flexibility index (Phi) is 2.44. The lowest BCUT2D eigenvalue weighted by Crippen LogP contribution is -2.22. The minimum absolute atomic E-state index is 0.242. The highest BCUT2D eigenvalue weighted by Gasteiger charge is 2.18. The molecule has 88 valence electrons. The number of aryl methyl sites for hydroxylation is 1. The first-order valence-electron chi connectivity index (χ1n) is 5.72. The van der Waals surface area contributed by atoms with Crippen LogP contribution < -0.4 is 0 Å². The molecule has 1 unspecified atom stereocenters. The van der Waals surface area contributed by atoms with Crippen molar-refractivity contribution in [3.63, 3.8) is 0 Å². The predicted octanol–water partition coefficient (Wildman–Crippen LogP) is 2.00. The molecule has 2 heterocycles. The van der Waals surface area contributed by atoms with Crippen LogP contribution in [0.1, 0.15) is 12.2 Å². The average molecular weight is 232 g/mol. The fraction of sp³-hybridized carbons (Fsp3) is 0.308. The van der Waals surface area contributed by atoms with E-state index in [0.717, 1.165) is 30.0 Å². The van der Waals surface area contributed by atoms with Gasteiger partial charge < -0.3 is 9.67 Å². The number of hydrogen-bond donors (Lipinski definition) is 1. The summed E-state index contributed by atoms with van der Waals surface area (Å²) in [6.07, 6.45) is 3.05. The number of halogens is 1. The smallest absolute Gasteiger partial charge is 0.123 e. The molecule has 0 amide bonds. The molecule has 2 aromatic rings. The van der Waals surface area contributed by atoms with Crippen molar-refractivity contribution >= 4 is 0 Å². The van der Waals surface area contributed by atoms with Crippen molar-refractivity contribution in [3.8, 4) is 11.3 Å². The zero-order chi connectivity index (χ0) is 11.8. The molecule has 0 spiro atoms. The van der Waals surface area contributed by atoms with Crippen molar-refractivity contribution in [2.24, 2.45) is 0 Å². The Morgan fingerprint density at radius 1 is 1.29 bits per heavy atom. The summed E-state index contributed by atoms with van der Waals surface area (Å²) in [5.74, 6) is 0.663. The second kappa shape index (κ2) is 3.96. The van der Waals surface area contributed by atoms with Crippen LogP contribution in [0.3, 0.4) is 0 Å². The van der Waals surface area contributed by atoms with E-state index in [9.17, 15) is 9.50 Å². The van der Waals surface area contributed by atoms with E-state index in [2.05, 4.69) is 9.55 Å². The monoisotopic (exact) mass is 232 g/mol. The number of fused-ring (bicyclic) bond motifs is 1. The standard InChI is InChI=1S/C13H13FN2O/c14-10-3-1-9(2-4-10)12-8-16-6-5-11(17)7-13(16)15-12/h1-4,8,11,17H,5-7H2. The first kappa shape index (κ1) is 10.5. The molecule has 3 rings (SSSR count). The molecule has 1 aromatic carbocycles. The molecule has 1 atom stereocenters. The first-order valence-corrected chi connectivity index (χ1v) is 5.72. The number of imidazole rings is 1. The van der Waals surface area contributed by atoms with Crippen molar-refractivity contribution < 1.29 is 9.50 Å². The van der Waals surface area contributed by atoms with Crippen LogP contribution in [0.4, 0.5) is 4.39 Å². The van der Waals surface area contributed by atoms with Gasteiger partial charge in [-0.1, -0.05) is 0 Å². The minimum atomic E-state index is -0.286. The number of rotatable bonds is 1. The van der Waals surface area contributed by atoms with Gasteiger partial charge in [0.25, 0.3) is 0 Å². The van der Waals surface area contributed by atoms with Crippen LogP contribution in [-0.2, 0) is 13.0 Å². The van der Waals surface area contributed by atoms with E-state index in [1.54, 1.807) is 12.1 Å². The maximum Gasteiger partial charge on any atom is 0.123 e. The van der Waals surface area contributed by atoms with Gasteiger partial charge in [0, 0.05) is 24.7 Å². The minimum Gasteiger partial charge on any atom is -0.393 e. The summed E-state index contributed by atoms with van der Waals surface area (Å²) in [7, 11) is 0. The molecular formula is C13H13FN2O. The SMILES string of the molecule is OC1CCn2cc(-c3ccc(F)cc3)nc2C1. The number of aliphatic hydroxyl groups excluding tert-OH is 1. The lowest BCUT2D eigenvalue weighted by molar-refractivity contribution is 0.141. The highest BCUT2D eigenvalue weighted by molar-refractivity contribution is 5.58. The summed E-state index contributed by atoms with van der Waals surface area (Å²) in [6.45, 7) is 0.796. The van der Waals surface area contributed by atoms with E-state index in [0.29, 0.717) is 6.42 Å². The summed E-state index contributed by atoms with van der Waals surface area (Å²) < 4.78 is 14.9. The van der Waals surface area contributed by atoms with Crippen LogP contribution in [0, 0.1) is 5.82 Å². The maximum absolute atomic E-state index is 12.8. The van der Waals surface area contributed by atoms with E-state index >= 15 is 0 Å². The Balaban J connectivity index is 1.97. The van der Waals surface area contributed by atoms with Crippen LogP contribution >= 0.6 is 0 Å². The van der Waals surface area contributed by atoms with Crippen molar-refractivity contribution in [1.29, 1.82) is 0 Å². The van der Waals surface area contributed by atoms with Gasteiger partial charge in [0.2, 0.25) is 0 Å². The average Bonchev–Trinajstić information content (AvgIpc) is 2.72. The summed E-state index contributed by atoms with van der Waals surface area (Å²) in [5, 5.41) is 9.57. The van der Waals surface area contributed by atoms with E-state index in [1.807, 2.05) is 6.20 Å². The fourth-order valence-corrected chi connectivity index (χ4v) is 2.17. The van der Waals surface area contributed by atoms with Crippen LogP contribution in [-0.4, -0.2) is 20.8 Å². The molecule has 0 saturated carbocycles. The molecule has 1 N–H and O–H groups in total. The normalized spacial score (nSPS) is 19.1. The molecule has 17 heavy (non-hydrogen) atoms. The van der Waals surface area contributed by atoms with E-state index in [4.69, 9.17) is 0 Å². The van der Waals surface area contributed by atoms with Gasteiger partial charge in [0.15, 0.2) is 0 Å². The second-order valence-corrected chi connectivity index (χ2v) is 4.39. The molecule has 0 aliphatic carbocycles. The predicted molar refractivity (Wildman–Crippen MR) is 61.9 cm³/mol. The van der Waals surface area contributed by atoms with Crippen molar-refractivity contribution in [2.45, 2.75) is 25.5 Å². The highest BCUT2D eigenvalue weighted by atomic mass is 19.1. The third kappa shape index (κ3) is 1.96. The third-order valence-corrected chi connectivity index (χ3v) is 3.12. The van der Waals surface area contributed by atoms with Gasteiger partial charge >= 0.3 is 0 Å². The van der Waals surface area contributed by atoms with Gasteiger partial charge in [-0.2, -0.15) is 0 Å². The lowest BCUT2D eigenvalue weighted by atomic mass is 10.1. The quantitative estimate of drug-likeness (QED) is 0.816. The van der Waals surface area contributed by atoms with E-state index in [1.165, 1.54) is 12.1 Å². The summed E-state index contributed by atoms with van der Waals surface area (Å²) >= 11 is 0. The molecular weight excluding hydrogens is 219 g/mol. The Bertz CT molecular complexity index is 533. The van der Waals surface area contributed by atoms with Crippen molar-refractivity contribution in [3.05, 3.63) is 42.1 Å². The fourth-order valence-electron chi connectivity index (χ4n) is 2.17. The zero-order valence-corrected chi connectivity index (χ0v) is 9.31. The highest BCUT2D eigenvalue weighted by Crippen LogP contribution is 2.22. The Morgan fingerprint density at radius 2 is 2.06 bits per heavy atom. The lowest BCUT2D eigenvalue weighted by Gasteiger charge is -2.18. The number of nitrogens with zero attached hydrogens (tertiary/aromatic N) is 2. The van der Waals surface area contributed by atoms with Gasteiger partial charge in [-0.3, -0.25) is 0 Å². The van der Waals surface area contributed by atoms with Gasteiger partial charge in [0.05, 0.1) is 11.8 Å². The number of benzene rings is 1. The van der Waals surface area contributed by atoms with Crippen LogP contribution in [0.15, 0.2) is 30.5 Å². The largest absolute Gasteiger partial charge is 0.393 e. The summed E-state index contributed by atoms with van der Waals surface area (Å²) in [5.41, 5.74) is 1.75. The first-order chi connectivity index (χ1) is 8.22. The van der Waals surface area contributed by atoms with Gasteiger partial charge in [-0.15, -0.1) is 0 Å². The number of aromatic nitrogens is 2. The molecule has 1 aromatic heterocycles. The molecule has 0 fully saturated rings. The Hall–Kier alpha value is -1.68. The molecule has 3 nitrogen and oxygen atoms in total. The Morgan fingerprint density at radius 3 is 2.82 bits per heavy atom. The second-order valence-electron chi connectivity index (χ2n) is 4.39. The van der Waals surface area contributed by atoms with Gasteiger partial charge in [-0.25, -0.2) is 9.37 Å². The number of hydrogen-bond acceptors (Lipinski definition) is 2. The molecule has 0 saturated heterocycles. The number of aliphatic hydroxyl groups is 1. The van der Waals surface area contributed by atoms with Gasteiger partial charge in [-0.05, 0) is 30.7 Å². The van der Waals surface area contributed by atoms with E-state index < -0.39 is 0 Å².